The molecule has 1 aliphatic rings. The molecule has 1 aliphatic heterocycles. The summed E-state index contributed by atoms with van der Waals surface area (Å²) in [4.78, 5) is 0. The van der Waals surface area contributed by atoms with Crippen LogP contribution in [0.4, 0.5) is 0 Å². The molecule has 94 valence electrons. The van der Waals surface area contributed by atoms with Crippen LogP contribution in [0.15, 0.2) is 18.3 Å². The Hall–Kier alpha value is -1.47. The van der Waals surface area contributed by atoms with Gasteiger partial charge in [0.15, 0.2) is 11.4 Å². The molecule has 6 nitrogen and oxygen atoms in total. The molecular formula is C11H15BN4O2. The van der Waals surface area contributed by atoms with Gasteiger partial charge in [0.25, 0.3) is 0 Å². The largest absolute Gasteiger partial charge is 0.536 e. The van der Waals surface area contributed by atoms with Crippen LogP contribution in [0.25, 0.3) is 5.65 Å². The Balaban J connectivity index is 2.03. The second kappa shape index (κ2) is 3.52. The Morgan fingerprint density at radius 1 is 1.11 bits per heavy atom. The third-order valence-corrected chi connectivity index (χ3v) is 3.67. The van der Waals surface area contributed by atoms with Crippen molar-refractivity contribution in [1.29, 1.82) is 0 Å². The van der Waals surface area contributed by atoms with Crippen molar-refractivity contribution in [3.05, 3.63) is 18.3 Å². The van der Waals surface area contributed by atoms with E-state index in [0.717, 1.165) is 0 Å². The first kappa shape index (κ1) is 11.6. The second-order valence-corrected chi connectivity index (χ2v) is 5.44. The summed E-state index contributed by atoms with van der Waals surface area (Å²) in [5.74, 6) is 0. The number of nitrogens with zero attached hydrogens (tertiary/aromatic N) is 4. The van der Waals surface area contributed by atoms with Crippen molar-refractivity contribution in [2.45, 2.75) is 38.9 Å². The van der Waals surface area contributed by atoms with Crippen molar-refractivity contribution < 1.29 is 9.31 Å². The van der Waals surface area contributed by atoms with Gasteiger partial charge in [-0.05, 0) is 39.8 Å². The van der Waals surface area contributed by atoms with E-state index in [1.165, 1.54) is 0 Å². The van der Waals surface area contributed by atoms with Crippen molar-refractivity contribution in [2.75, 3.05) is 0 Å². The fourth-order valence-electron chi connectivity index (χ4n) is 1.86. The van der Waals surface area contributed by atoms with E-state index < -0.39 is 18.3 Å². The van der Waals surface area contributed by atoms with Gasteiger partial charge in [0, 0.05) is 6.20 Å². The average Bonchev–Trinajstić information content (AvgIpc) is 2.78. The maximum atomic E-state index is 5.93. The first-order chi connectivity index (χ1) is 8.41. The van der Waals surface area contributed by atoms with Gasteiger partial charge in [-0.15, -0.1) is 10.2 Å². The van der Waals surface area contributed by atoms with Crippen LogP contribution in [0.3, 0.4) is 0 Å². The number of hydrogen-bond donors (Lipinski definition) is 0. The maximum Gasteiger partial charge on any atom is 0.536 e. The van der Waals surface area contributed by atoms with E-state index in [0.29, 0.717) is 11.4 Å². The molecule has 0 saturated carbocycles. The summed E-state index contributed by atoms with van der Waals surface area (Å²) in [6.07, 6.45) is 1.69. The van der Waals surface area contributed by atoms with Crippen LogP contribution in [-0.4, -0.2) is 38.1 Å². The molecule has 0 bridgehead atoms. The van der Waals surface area contributed by atoms with Crippen molar-refractivity contribution >= 4 is 18.5 Å². The van der Waals surface area contributed by atoms with Crippen LogP contribution >= 0.6 is 0 Å². The molecule has 7 heteroatoms. The molecule has 3 rings (SSSR count). The zero-order chi connectivity index (χ0) is 13.0. The van der Waals surface area contributed by atoms with Crippen LogP contribution < -0.4 is 5.72 Å². The van der Waals surface area contributed by atoms with E-state index >= 15 is 0 Å². The van der Waals surface area contributed by atoms with Crippen molar-refractivity contribution in [3.63, 3.8) is 0 Å². The first-order valence-electron chi connectivity index (χ1n) is 5.93. The molecule has 0 unspecified atom stereocenters. The molecule has 1 saturated heterocycles. The van der Waals surface area contributed by atoms with Crippen LogP contribution in [0.1, 0.15) is 27.7 Å². The second-order valence-electron chi connectivity index (χ2n) is 5.44. The predicted molar refractivity (Wildman–Crippen MR) is 66.5 cm³/mol. The summed E-state index contributed by atoms with van der Waals surface area (Å²) in [6.45, 7) is 8.01. The lowest BCUT2D eigenvalue weighted by molar-refractivity contribution is 0.00578. The minimum absolute atomic E-state index is 0.391. The molecule has 0 N–H and O–H groups in total. The summed E-state index contributed by atoms with van der Waals surface area (Å²) in [6, 6.07) is 3.66. The first-order valence-corrected chi connectivity index (χ1v) is 5.93. The Labute approximate surface area is 105 Å². The lowest BCUT2D eigenvalue weighted by atomic mass is 9.89. The fraction of sp³-hybridized carbons (Fsp3) is 0.545. The highest BCUT2D eigenvalue weighted by atomic mass is 16.7. The standard InChI is InChI=1S/C11H15BN4O2/c1-10(2)11(3,4)18-12(17-10)9-15-14-8-6-5-7-13-16(8)9/h5-7H,1-4H3. The molecule has 18 heavy (non-hydrogen) atoms. The Morgan fingerprint density at radius 3 is 2.44 bits per heavy atom. The topological polar surface area (TPSA) is 61.5 Å². The summed E-state index contributed by atoms with van der Waals surface area (Å²) in [5.41, 5.74) is 0.475. The quantitative estimate of drug-likeness (QED) is 0.682. The molecule has 2 aromatic heterocycles. The summed E-state index contributed by atoms with van der Waals surface area (Å²) in [5, 5.41) is 12.4. The Morgan fingerprint density at radius 2 is 1.78 bits per heavy atom. The molecule has 1 fully saturated rings. The van der Waals surface area contributed by atoms with Crippen LogP contribution in [-0.2, 0) is 9.31 Å². The highest BCUT2D eigenvalue weighted by Crippen LogP contribution is 2.36. The van der Waals surface area contributed by atoms with Gasteiger partial charge < -0.3 is 9.31 Å². The Bertz CT molecular complexity index is 579. The maximum absolute atomic E-state index is 5.93. The van der Waals surface area contributed by atoms with Crippen LogP contribution in [0, 0.1) is 0 Å². The summed E-state index contributed by atoms with van der Waals surface area (Å²) in [7, 11) is -0.542. The van der Waals surface area contributed by atoms with Crippen molar-refractivity contribution in [3.8, 4) is 0 Å². The number of fused-ring (bicyclic) bond motifs is 1. The lowest BCUT2D eigenvalue weighted by Crippen LogP contribution is -2.41. The van der Waals surface area contributed by atoms with Crippen molar-refractivity contribution in [2.24, 2.45) is 0 Å². The van der Waals surface area contributed by atoms with Gasteiger partial charge in [-0.25, -0.2) is 4.52 Å². The molecule has 0 amide bonds. The van der Waals surface area contributed by atoms with E-state index in [-0.39, 0.29) is 0 Å². The zero-order valence-corrected chi connectivity index (χ0v) is 10.9. The van der Waals surface area contributed by atoms with E-state index in [1.54, 1.807) is 10.7 Å². The molecule has 3 heterocycles. The van der Waals surface area contributed by atoms with Gasteiger partial charge in [-0.3, -0.25) is 0 Å². The third kappa shape index (κ3) is 1.54. The molecule has 0 aliphatic carbocycles. The van der Waals surface area contributed by atoms with Crippen LogP contribution in [0.5, 0.6) is 0 Å². The lowest BCUT2D eigenvalue weighted by Gasteiger charge is -2.32. The van der Waals surface area contributed by atoms with Crippen molar-refractivity contribution in [1.82, 2.24) is 19.8 Å². The van der Waals surface area contributed by atoms with Gasteiger partial charge in [0.05, 0.1) is 11.2 Å². The fourth-order valence-corrected chi connectivity index (χ4v) is 1.86. The normalized spacial score (nSPS) is 21.7. The monoisotopic (exact) mass is 246 g/mol. The smallest absolute Gasteiger partial charge is 0.397 e. The molecule has 2 aromatic rings. The van der Waals surface area contributed by atoms with Gasteiger partial charge in [0.1, 0.15) is 0 Å². The average molecular weight is 246 g/mol. The van der Waals surface area contributed by atoms with Gasteiger partial charge in [0.2, 0.25) is 0 Å². The minimum atomic E-state index is -0.542. The van der Waals surface area contributed by atoms with E-state index in [4.69, 9.17) is 9.31 Å². The molecule has 0 aromatic carbocycles. The Kier molecular flexibility index (Phi) is 2.27. The third-order valence-electron chi connectivity index (χ3n) is 3.67. The number of aromatic nitrogens is 4. The predicted octanol–water partition coefficient (Wildman–Crippen LogP) is 0.423. The molecule has 0 radical (unpaired) electrons. The highest BCUT2D eigenvalue weighted by Gasteiger charge is 2.53. The van der Waals surface area contributed by atoms with E-state index in [2.05, 4.69) is 15.3 Å². The highest BCUT2D eigenvalue weighted by molar-refractivity contribution is 6.60. The SMILES string of the molecule is CC1(C)OB(c2nnc3cccnn23)OC1(C)C. The van der Waals surface area contributed by atoms with E-state index in [1.807, 2.05) is 39.8 Å². The van der Waals surface area contributed by atoms with Gasteiger partial charge in [-0.2, -0.15) is 5.10 Å². The van der Waals surface area contributed by atoms with E-state index in [9.17, 15) is 0 Å². The summed E-state index contributed by atoms with van der Waals surface area (Å²) < 4.78 is 13.5. The zero-order valence-electron chi connectivity index (χ0n) is 10.9. The minimum Gasteiger partial charge on any atom is -0.397 e. The molecule has 0 spiro atoms. The van der Waals surface area contributed by atoms with Gasteiger partial charge in [-0.1, -0.05) is 0 Å². The summed E-state index contributed by atoms with van der Waals surface area (Å²) >= 11 is 0. The molecule has 0 atom stereocenters. The van der Waals surface area contributed by atoms with Crippen LogP contribution in [0.2, 0.25) is 0 Å². The van der Waals surface area contributed by atoms with Gasteiger partial charge >= 0.3 is 7.12 Å². The molecular weight excluding hydrogens is 231 g/mol. The number of rotatable bonds is 1. The number of hydrogen-bond acceptors (Lipinski definition) is 5.